The Morgan fingerprint density at radius 1 is 1.47 bits per heavy atom. The molecule has 0 spiro atoms. The highest BCUT2D eigenvalue weighted by Crippen LogP contribution is 2.28. The summed E-state index contributed by atoms with van der Waals surface area (Å²) in [5.74, 6) is -0.125. The van der Waals surface area contributed by atoms with Crippen molar-refractivity contribution in [1.82, 2.24) is 0 Å². The zero-order valence-corrected chi connectivity index (χ0v) is 8.42. The fourth-order valence-corrected chi connectivity index (χ4v) is 1.29. The van der Waals surface area contributed by atoms with E-state index >= 15 is 0 Å². The van der Waals surface area contributed by atoms with E-state index in [9.17, 15) is 13.9 Å². The summed E-state index contributed by atoms with van der Waals surface area (Å²) in [6.45, 7) is -2.89. The molecule has 84 valence electrons. The fraction of sp³-hybridized carbons (Fsp3) is 0.333. The lowest BCUT2D eigenvalue weighted by Gasteiger charge is -2.11. The number of alkyl halides is 2. The second-order valence-corrected chi connectivity index (χ2v) is 3.23. The van der Waals surface area contributed by atoms with Crippen LogP contribution in [0.4, 0.5) is 8.78 Å². The lowest BCUT2D eigenvalue weighted by molar-refractivity contribution is -0.0498. The summed E-state index contributed by atoms with van der Waals surface area (Å²) in [4.78, 5) is 0. The molecule has 0 radical (unpaired) electrons. The molecule has 0 saturated heterocycles. The number of aliphatic hydroxyl groups is 1. The third-order valence-corrected chi connectivity index (χ3v) is 2.08. The number of hydrogen-bond donors (Lipinski definition) is 2. The predicted molar refractivity (Wildman–Crippen MR) is 52.1 cm³/mol. The quantitative estimate of drug-likeness (QED) is 0.841. The predicted octanol–water partition coefficient (Wildman–Crippen LogP) is 1.93. The molecule has 1 rings (SSSR count). The molecule has 15 heavy (non-hydrogen) atoms. The minimum atomic E-state index is -2.92. The topological polar surface area (TPSA) is 55.5 Å². The second-order valence-electron chi connectivity index (χ2n) is 2.82. The molecule has 0 bridgehead atoms. The Bertz CT molecular complexity index is 336. The van der Waals surface area contributed by atoms with Crippen molar-refractivity contribution in [3.63, 3.8) is 0 Å². The molecule has 0 heterocycles. The van der Waals surface area contributed by atoms with Gasteiger partial charge in [-0.05, 0) is 17.7 Å². The van der Waals surface area contributed by atoms with Gasteiger partial charge >= 0.3 is 6.61 Å². The zero-order valence-electron chi connectivity index (χ0n) is 7.66. The molecule has 1 aromatic carbocycles. The molecule has 6 heteroatoms. The van der Waals surface area contributed by atoms with Crippen molar-refractivity contribution in [2.24, 2.45) is 5.73 Å². The minimum Gasteiger partial charge on any atom is -0.433 e. The highest BCUT2D eigenvalue weighted by atomic mass is 35.5. The van der Waals surface area contributed by atoms with Crippen molar-refractivity contribution in [2.45, 2.75) is 12.7 Å². The van der Waals surface area contributed by atoms with Crippen LogP contribution < -0.4 is 10.5 Å². The summed E-state index contributed by atoms with van der Waals surface area (Å²) in [7, 11) is 0. The summed E-state index contributed by atoms with van der Waals surface area (Å²) >= 11 is 5.66. The highest BCUT2D eigenvalue weighted by molar-refractivity contribution is 6.32. The Hall–Kier alpha value is -0.910. The first-order valence-corrected chi connectivity index (χ1v) is 4.54. The minimum absolute atomic E-state index is 0.0142. The third kappa shape index (κ3) is 3.30. The third-order valence-electron chi connectivity index (χ3n) is 1.78. The summed E-state index contributed by atoms with van der Waals surface area (Å²) < 4.78 is 27.9. The lowest BCUT2D eigenvalue weighted by Crippen LogP contribution is -2.11. The number of hydrogen-bond acceptors (Lipinski definition) is 3. The first-order chi connectivity index (χ1) is 7.04. The maximum atomic E-state index is 11.9. The van der Waals surface area contributed by atoms with Gasteiger partial charge in [-0.1, -0.05) is 17.7 Å². The summed E-state index contributed by atoms with van der Waals surface area (Å²) in [5, 5.41) is 9.37. The average molecular weight is 238 g/mol. The van der Waals surface area contributed by atoms with Crippen LogP contribution in [0.3, 0.4) is 0 Å². The van der Waals surface area contributed by atoms with Crippen LogP contribution in [0.15, 0.2) is 18.2 Å². The monoisotopic (exact) mass is 237 g/mol. The summed E-state index contributed by atoms with van der Waals surface area (Å²) in [6, 6.07) is 4.04. The van der Waals surface area contributed by atoms with Crippen LogP contribution in [-0.4, -0.2) is 18.3 Å². The van der Waals surface area contributed by atoms with Crippen LogP contribution in [-0.2, 0) is 0 Å². The maximum Gasteiger partial charge on any atom is 0.387 e. The first-order valence-electron chi connectivity index (χ1n) is 4.17. The van der Waals surface area contributed by atoms with E-state index in [2.05, 4.69) is 4.74 Å². The second kappa shape index (κ2) is 5.25. The smallest absolute Gasteiger partial charge is 0.387 e. The van der Waals surface area contributed by atoms with Crippen LogP contribution in [0.5, 0.6) is 5.75 Å². The fourth-order valence-electron chi connectivity index (χ4n) is 1.05. The van der Waals surface area contributed by atoms with Crippen molar-refractivity contribution in [3.8, 4) is 5.75 Å². The van der Waals surface area contributed by atoms with Gasteiger partial charge in [-0.2, -0.15) is 8.78 Å². The Labute approximate surface area is 90.4 Å². The number of nitrogens with two attached hydrogens (primary N) is 1. The Morgan fingerprint density at radius 2 is 2.13 bits per heavy atom. The van der Waals surface area contributed by atoms with Crippen molar-refractivity contribution < 1.29 is 18.6 Å². The van der Waals surface area contributed by atoms with Gasteiger partial charge in [-0.3, -0.25) is 0 Å². The number of ether oxygens (including phenoxy) is 1. The average Bonchev–Trinajstić information content (AvgIpc) is 2.19. The maximum absolute atomic E-state index is 11.9. The molecule has 0 aliphatic carbocycles. The normalized spacial score (nSPS) is 12.9. The molecular weight excluding hydrogens is 228 g/mol. The molecule has 0 aliphatic rings. The molecule has 1 unspecified atom stereocenters. The van der Waals surface area contributed by atoms with Gasteiger partial charge in [0.05, 0.1) is 11.1 Å². The van der Waals surface area contributed by atoms with Crippen LogP contribution in [0.1, 0.15) is 11.7 Å². The van der Waals surface area contributed by atoms with Crippen molar-refractivity contribution in [3.05, 3.63) is 28.8 Å². The van der Waals surface area contributed by atoms with Gasteiger partial charge in [-0.25, -0.2) is 0 Å². The van der Waals surface area contributed by atoms with E-state index in [4.69, 9.17) is 17.3 Å². The highest BCUT2D eigenvalue weighted by Gasteiger charge is 2.11. The van der Waals surface area contributed by atoms with Crippen molar-refractivity contribution in [1.29, 1.82) is 0 Å². The van der Waals surface area contributed by atoms with Gasteiger partial charge in [0.15, 0.2) is 0 Å². The molecule has 0 fully saturated rings. The number of benzene rings is 1. The first kappa shape index (κ1) is 12.2. The Kier molecular flexibility index (Phi) is 4.26. The Morgan fingerprint density at radius 3 is 2.60 bits per heavy atom. The SMILES string of the molecule is NCC(O)c1ccc(OC(F)F)c(Cl)c1. The van der Waals surface area contributed by atoms with Gasteiger partial charge < -0.3 is 15.6 Å². The molecule has 0 saturated carbocycles. The van der Waals surface area contributed by atoms with Crippen LogP contribution in [0, 0.1) is 0 Å². The van der Waals surface area contributed by atoms with Gasteiger partial charge in [0.1, 0.15) is 5.75 Å². The zero-order chi connectivity index (χ0) is 11.4. The molecule has 1 aromatic rings. The number of halogens is 3. The van der Waals surface area contributed by atoms with E-state index < -0.39 is 12.7 Å². The lowest BCUT2D eigenvalue weighted by atomic mass is 10.1. The Balaban J connectivity index is 2.88. The molecule has 0 amide bonds. The molecule has 1 atom stereocenters. The van der Waals surface area contributed by atoms with Gasteiger partial charge in [-0.15, -0.1) is 0 Å². The number of aliphatic hydroxyl groups excluding tert-OH is 1. The molecule has 3 N–H and O–H groups in total. The van der Waals surface area contributed by atoms with Crippen LogP contribution >= 0.6 is 11.6 Å². The van der Waals surface area contributed by atoms with E-state index in [0.29, 0.717) is 5.56 Å². The molecule has 0 aromatic heterocycles. The van der Waals surface area contributed by atoms with E-state index in [-0.39, 0.29) is 17.3 Å². The molecular formula is C9H10ClF2NO2. The summed E-state index contributed by atoms with van der Waals surface area (Å²) in [5.41, 5.74) is 5.69. The van der Waals surface area contributed by atoms with Gasteiger partial charge in [0.2, 0.25) is 0 Å². The number of rotatable bonds is 4. The van der Waals surface area contributed by atoms with Gasteiger partial charge in [0.25, 0.3) is 0 Å². The largest absolute Gasteiger partial charge is 0.433 e. The molecule has 0 aliphatic heterocycles. The summed E-state index contributed by atoms with van der Waals surface area (Å²) in [6.07, 6.45) is -0.858. The van der Waals surface area contributed by atoms with Crippen molar-refractivity contribution >= 4 is 11.6 Å². The van der Waals surface area contributed by atoms with E-state index in [0.717, 1.165) is 0 Å². The van der Waals surface area contributed by atoms with Gasteiger partial charge in [0, 0.05) is 6.54 Å². The van der Waals surface area contributed by atoms with Crippen molar-refractivity contribution in [2.75, 3.05) is 6.54 Å². The van der Waals surface area contributed by atoms with Crippen LogP contribution in [0.25, 0.3) is 0 Å². The van der Waals surface area contributed by atoms with E-state index in [1.54, 1.807) is 0 Å². The van der Waals surface area contributed by atoms with E-state index in [1.165, 1.54) is 18.2 Å². The van der Waals surface area contributed by atoms with Crippen LogP contribution in [0.2, 0.25) is 5.02 Å². The molecule has 3 nitrogen and oxygen atoms in total. The standard InChI is InChI=1S/C9H10ClF2NO2/c10-6-3-5(7(14)4-13)1-2-8(6)15-9(11)12/h1-3,7,9,14H,4,13H2. The van der Waals surface area contributed by atoms with E-state index in [1.807, 2.05) is 0 Å².